The highest BCUT2D eigenvalue weighted by Gasteiger charge is 2.23. The number of nitrogen functional groups attached to an aromatic ring is 1. The highest BCUT2D eigenvalue weighted by Crippen LogP contribution is 2.40. The Morgan fingerprint density at radius 2 is 1.87 bits per heavy atom. The van der Waals surface area contributed by atoms with Gasteiger partial charge >= 0.3 is 0 Å². The zero-order valence-corrected chi connectivity index (χ0v) is 24.8. The summed E-state index contributed by atoms with van der Waals surface area (Å²) in [6.45, 7) is 7.68. The maximum Gasteiger partial charge on any atom is 0.257 e. The number of amides is 1. The molecule has 0 aliphatic rings. The molecule has 4 aromatic rings. The van der Waals surface area contributed by atoms with E-state index in [4.69, 9.17) is 26.8 Å². The van der Waals surface area contributed by atoms with Crippen LogP contribution in [0, 0.1) is 5.82 Å². The van der Waals surface area contributed by atoms with Crippen LogP contribution in [0.2, 0.25) is 30.7 Å². The molecule has 0 saturated carbocycles. The van der Waals surface area contributed by atoms with E-state index >= 15 is 4.39 Å². The van der Waals surface area contributed by atoms with Gasteiger partial charge in [-0.15, -0.1) is 0 Å². The first-order chi connectivity index (χ1) is 18.4. The van der Waals surface area contributed by atoms with Crippen LogP contribution in [0.25, 0.3) is 33.3 Å². The molecule has 2 N–H and O–H groups in total. The number of aromatic nitrogens is 3. The molecule has 0 spiro atoms. The Morgan fingerprint density at radius 3 is 2.54 bits per heavy atom. The van der Waals surface area contributed by atoms with E-state index in [1.165, 1.54) is 30.5 Å². The molecule has 11 heteroatoms. The van der Waals surface area contributed by atoms with Gasteiger partial charge in [0.25, 0.3) is 5.91 Å². The van der Waals surface area contributed by atoms with Gasteiger partial charge in [0.15, 0.2) is 0 Å². The first-order valence-electron chi connectivity index (χ1n) is 12.5. The third-order valence-electron chi connectivity index (χ3n) is 6.37. The zero-order valence-electron chi connectivity index (χ0n) is 23.0. The number of nitrogens with two attached hydrogens (primary N) is 1. The highest BCUT2D eigenvalue weighted by atomic mass is 35.5. The van der Waals surface area contributed by atoms with E-state index in [1.54, 1.807) is 36.9 Å². The van der Waals surface area contributed by atoms with Crippen molar-refractivity contribution < 1.29 is 18.7 Å². The molecule has 206 valence electrons. The lowest BCUT2D eigenvalue weighted by atomic mass is 10.0. The van der Waals surface area contributed by atoms with Crippen LogP contribution in [0.4, 0.5) is 10.2 Å². The molecule has 3 aromatic heterocycles. The van der Waals surface area contributed by atoms with E-state index in [9.17, 15) is 4.79 Å². The van der Waals surface area contributed by atoms with Crippen LogP contribution in [-0.2, 0) is 11.5 Å². The van der Waals surface area contributed by atoms with Crippen LogP contribution in [0.3, 0.4) is 0 Å². The fourth-order valence-corrected chi connectivity index (χ4v) is 5.10. The summed E-state index contributed by atoms with van der Waals surface area (Å²) >= 11 is 6.20. The first kappa shape index (κ1) is 28.5. The molecule has 0 fully saturated rings. The van der Waals surface area contributed by atoms with Gasteiger partial charge in [-0.05, 0) is 30.3 Å². The molecular weight excluding hydrogens is 537 g/mol. The SMILES string of the molecule is COc1cc(Cl)ccc1-c1cn(COCC[Si](C)(C)C)c2ncc(-c3cnc(N)c(C(=O)N(C)C)c3)c(F)c12. The minimum absolute atomic E-state index is 0.0695. The van der Waals surface area contributed by atoms with E-state index in [0.29, 0.717) is 45.1 Å². The van der Waals surface area contributed by atoms with Crippen molar-refractivity contribution in [3.8, 4) is 28.0 Å². The number of benzene rings is 1. The van der Waals surface area contributed by atoms with Gasteiger partial charge in [-0.1, -0.05) is 31.2 Å². The predicted octanol–water partition coefficient (Wildman–Crippen LogP) is 6.16. The van der Waals surface area contributed by atoms with Crippen molar-refractivity contribution in [2.75, 3.05) is 33.5 Å². The molecule has 0 unspecified atom stereocenters. The lowest BCUT2D eigenvalue weighted by Crippen LogP contribution is -2.23. The van der Waals surface area contributed by atoms with Crippen LogP contribution in [0.5, 0.6) is 5.75 Å². The number of pyridine rings is 2. The number of nitrogens with zero attached hydrogens (tertiary/aromatic N) is 4. The number of fused-ring (bicyclic) bond motifs is 1. The summed E-state index contributed by atoms with van der Waals surface area (Å²) < 4.78 is 29.8. The van der Waals surface area contributed by atoms with Crippen LogP contribution >= 0.6 is 11.6 Å². The average Bonchev–Trinajstić information content (AvgIpc) is 3.25. The fourth-order valence-electron chi connectivity index (χ4n) is 4.19. The van der Waals surface area contributed by atoms with Crippen molar-refractivity contribution in [2.45, 2.75) is 32.4 Å². The van der Waals surface area contributed by atoms with Crippen molar-refractivity contribution in [1.82, 2.24) is 19.4 Å². The number of anilines is 1. The van der Waals surface area contributed by atoms with Gasteiger partial charge < -0.3 is 24.7 Å². The van der Waals surface area contributed by atoms with E-state index in [0.717, 1.165) is 6.04 Å². The molecule has 3 heterocycles. The smallest absolute Gasteiger partial charge is 0.257 e. The Hall–Kier alpha value is -3.47. The number of methoxy groups -OCH3 is 1. The van der Waals surface area contributed by atoms with Crippen LogP contribution < -0.4 is 10.5 Å². The number of hydrogen-bond acceptors (Lipinski definition) is 6. The molecule has 4 rings (SSSR count). The van der Waals surface area contributed by atoms with Gasteiger partial charge in [-0.3, -0.25) is 4.79 Å². The Kier molecular flexibility index (Phi) is 8.29. The summed E-state index contributed by atoms with van der Waals surface area (Å²) in [5, 5.41) is 0.790. The summed E-state index contributed by atoms with van der Waals surface area (Å²) in [5.41, 5.74) is 8.37. The van der Waals surface area contributed by atoms with Gasteiger partial charge in [0.2, 0.25) is 0 Å². The summed E-state index contributed by atoms with van der Waals surface area (Å²) in [5.74, 6) is -0.272. The van der Waals surface area contributed by atoms with Gasteiger partial charge in [0, 0.05) is 74.6 Å². The van der Waals surface area contributed by atoms with Crippen molar-refractivity contribution in [2.24, 2.45) is 0 Å². The van der Waals surface area contributed by atoms with Gasteiger partial charge in [-0.25, -0.2) is 14.4 Å². The topological polar surface area (TPSA) is 95.5 Å². The number of hydrogen-bond donors (Lipinski definition) is 1. The molecule has 0 saturated heterocycles. The number of carbonyl (C=O) groups excluding carboxylic acids is 1. The summed E-state index contributed by atoms with van der Waals surface area (Å²) in [6.07, 6.45) is 4.69. The van der Waals surface area contributed by atoms with Crippen LogP contribution in [0.1, 0.15) is 10.4 Å². The Labute approximate surface area is 233 Å². The number of ether oxygens (including phenoxy) is 2. The van der Waals surface area contributed by atoms with E-state index in [-0.39, 0.29) is 29.6 Å². The van der Waals surface area contributed by atoms with Crippen molar-refractivity contribution in [3.63, 3.8) is 0 Å². The normalized spacial score (nSPS) is 11.7. The molecule has 1 amide bonds. The van der Waals surface area contributed by atoms with Crippen LogP contribution in [-0.4, -0.2) is 61.2 Å². The molecule has 0 bridgehead atoms. The predicted molar refractivity (Wildman–Crippen MR) is 156 cm³/mol. The second-order valence-corrected chi connectivity index (χ2v) is 16.8. The average molecular weight is 570 g/mol. The van der Waals surface area contributed by atoms with Crippen LogP contribution in [0.15, 0.2) is 42.9 Å². The number of rotatable bonds is 9. The number of carbonyl (C=O) groups is 1. The molecule has 1 aromatic carbocycles. The molecule has 39 heavy (non-hydrogen) atoms. The summed E-state index contributed by atoms with van der Waals surface area (Å²) in [4.78, 5) is 22.8. The van der Waals surface area contributed by atoms with Crippen molar-refractivity contribution >= 4 is 42.4 Å². The second-order valence-electron chi connectivity index (χ2n) is 10.7. The molecule has 0 aliphatic heterocycles. The van der Waals surface area contributed by atoms with Gasteiger partial charge in [-0.2, -0.15) is 0 Å². The zero-order chi connectivity index (χ0) is 28.5. The fraction of sp³-hybridized carbons (Fsp3) is 0.321. The second kappa shape index (κ2) is 11.3. The van der Waals surface area contributed by atoms with Gasteiger partial charge in [0.05, 0.1) is 18.1 Å². The third kappa shape index (κ3) is 6.08. The largest absolute Gasteiger partial charge is 0.496 e. The third-order valence-corrected chi connectivity index (χ3v) is 8.31. The molecule has 0 aliphatic carbocycles. The quantitative estimate of drug-likeness (QED) is 0.191. The van der Waals surface area contributed by atoms with Crippen molar-refractivity contribution in [3.05, 3.63) is 59.3 Å². The maximum atomic E-state index is 16.5. The molecule has 8 nitrogen and oxygen atoms in total. The van der Waals surface area contributed by atoms with E-state index in [1.807, 2.05) is 6.20 Å². The Bertz CT molecular complexity index is 1530. The summed E-state index contributed by atoms with van der Waals surface area (Å²) in [7, 11) is 3.49. The molecule has 0 atom stereocenters. The number of halogens is 2. The lowest BCUT2D eigenvalue weighted by Gasteiger charge is -2.15. The molecular formula is C28H33ClFN5O3Si. The first-order valence-corrected chi connectivity index (χ1v) is 16.6. The monoisotopic (exact) mass is 569 g/mol. The van der Waals surface area contributed by atoms with E-state index < -0.39 is 13.9 Å². The Morgan fingerprint density at radius 1 is 1.13 bits per heavy atom. The minimum Gasteiger partial charge on any atom is -0.496 e. The minimum atomic E-state index is -1.27. The maximum absolute atomic E-state index is 16.5. The standard InChI is InChI=1S/C28H33ClFN5O3Si/c1-34(2)28(36)20-11-17(13-32-26(20)31)21-14-33-27-24(25(21)30)22(19-8-7-18(29)12-23(19)37-3)15-35(27)16-38-9-10-39(4,5)6/h7-8,11-15H,9-10,16H2,1-6H3,(H2,31,32). The lowest BCUT2D eigenvalue weighted by molar-refractivity contribution is 0.0828. The summed E-state index contributed by atoms with van der Waals surface area (Å²) in [6, 6.07) is 7.74. The molecule has 0 radical (unpaired) electrons. The van der Waals surface area contributed by atoms with Gasteiger partial charge in [0.1, 0.15) is 29.8 Å². The Balaban J connectivity index is 1.88. The van der Waals surface area contributed by atoms with E-state index in [2.05, 4.69) is 29.6 Å². The highest BCUT2D eigenvalue weighted by molar-refractivity contribution is 6.76. The van der Waals surface area contributed by atoms with Crippen molar-refractivity contribution in [1.29, 1.82) is 0 Å².